The van der Waals surface area contributed by atoms with E-state index in [0.717, 1.165) is 12.8 Å². The van der Waals surface area contributed by atoms with Gasteiger partial charge in [-0.3, -0.25) is 14.9 Å². The lowest BCUT2D eigenvalue weighted by Gasteiger charge is -2.21. The molecule has 0 atom stereocenters. The summed E-state index contributed by atoms with van der Waals surface area (Å²) < 4.78 is 0. The number of aliphatic hydroxyl groups is 1. The van der Waals surface area contributed by atoms with Gasteiger partial charge >= 0.3 is 0 Å². The first-order valence-electron chi connectivity index (χ1n) is 6.24. The molecule has 0 aliphatic carbocycles. The molecule has 1 N–H and O–H groups in total. The van der Waals surface area contributed by atoms with Gasteiger partial charge < -0.3 is 10.0 Å². The zero-order valence-corrected chi connectivity index (χ0v) is 10.9. The number of carbonyl (C=O) groups is 1. The van der Waals surface area contributed by atoms with E-state index in [1.165, 1.54) is 24.3 Å². The lowest BCUT2D eigenvalue weighted by atomic mass is 10.1. The van der Waals surface area contributed by atoms with E-state index in [9.17, 15) is 14.9 Å². The molecule has 1 rings (SSSR count). The molecule has 1 aromatic carbocycles. The van der Waals surface area contributed by atoms with Gasteiger partial charge in [0.25, 0.3) is 11.6 Å². The Morgan fingerprint density at radius 3 is 2.42 bits per heavy atom. The van der Waals surface area contributed by atoms with Gasteiger partial charge in [0.15, 0.2) is 0 Å². The first-order chi connectivity index (χ1) is 9.10. The van der Waals surface area contributed by atoms with E-state index < -0.39 is 4.92 Å². The molecule has 0 aromatic heterocycles. The molecule has 0 aliphatic rings. The molecule has 1 aromatic rings. The Morgan fingerprint density at radius 2 is 1.95 bits per heavy atom. The smallest absolute Gasteiger partial charge is 0.269 e. The van der Waals surface area contributed by atoms with Crippen LogP contribution >= 0.6 is 0 Å². The quantitative estimate of drug-likeness (QED) is 0.602. The van der Waals surface area contributed by atoms with E-state index in [-0.39, 0.29) is 24.7 Å². The van der Waals surface area contributed by atoms with Crippen molar-refractivity contribution < 1.29 is 14.8 Å². The third kappa shape index (κ3) is 4.33. The van der Waals surface area contributed by atoms with Crippen molar-refractivity contribution in [3.63, 3.8) is 0 Å². The fraction of sp³-hybridized carbons (Fsp3) is 0.462. The second-order valence-corrected chi connectivity index (χ2v) is 4.17. The molecule has 0 spiro atoms. The summed E-state index contributed by atoms with van der Waals surface area (Å²) in [5.41, 5.74) is 0.356. The molecular formula is C13H18N2O4. The number of rotatable bonds is 7. The standard InChI is InChI=1S/C13H18N2O4/c1-2-3-8-14(9-10-16)13(17)11-4-6-12(7-5-11)15(18)19/h4-7,16H,2-3,8-10H2,1H3. The number of benzene rings is 1. The largest absolute Gasteiger partial charge is 0.395 e. The van der Waals surface area contributed by atoms with Crippen molar-refractivity contribution in [1.29, 1.82) is 0 Å². The van der Waals surface area contributed by atoms with Gasteiger partial charge in [-0.1, -0.05) is 13.3 Å². The lowest BCUT2D eigenvalue weighted by molar-refractivity contribution is -0.384. The van der Waals surface area contributed by atoms with Crippen LogP contribution in [-0.2, 0) is 0 Å². The number of non-ortho nitro benzene ring substituents is 1. The second-order valence-electron chi connectivity index (χ2n) is 4.17. The van der Waals surface area contributed by atoms with Crippen LogP contribution in [0.3, 0.4) is 0 Å². The number of amides is 1. The Kier molecular flexibility index (Phi) is 5.95. The second kappa shape index (κ2) is 7.48. The Balaban J connectivity index is 2.80. The van der Waals surface area contributed by atoms with Crippen LogP contribution in [-0.4, -0.2) is 40.5 Å². The van der Waals surface area contributed by atoms with Crippen molar-refractivity contribution in [3.05, 3.63) is 39.9 Å². The predicted octanol–water partition coefficient (Wildman–Crippen LogP) is 1.83. The summed E-state index contributed by atoms with van der Waals surface area (Å²) in [6.45, 7) is 2.78. The number of hydrogen-bond acceptors (Lipinski definition) is 4. The minimum atomic E-state index is -0.503. The average Bonchev–Trinajstić information content (AvgIpc) is 2.42. The molecule has 104 valence electrons. The fourth-order valence-corrected chi connectivity index (χ4v) is 1.69. The zero-order chi connectivity index (χ0) is 14.3. The number of nitrogens with zero attached hydrogens (tertiary/aromatic N) is 2. The highest BCUT2D eigenvalue weighted by molar-refractivity contribution is 5.94. The van der Waals surface area contributed by atoms with Gasteiger partial charge in [-0.05, 0) is 18.6 Å². The number of nitro benzene ring substituents is 1. The molecular weight excluding hydrogens is 248 g/mol. The Bertz CT molecular complexity index is 431. The highest BCUT2D eigenvalue weighted by Gasteiger charge is 2.15. The minimum absolute atomic E-state index is 0.0428. The van der Waals surface area contributed by atoms with Crippen molar-refractivity contribution in [1.82, 2.24) is 4.90 Å². The summed E-state index contributed by atoms with van der Waals surface area (Å²) in [6.07, 6.45) is 1.81. The van der Waals surface area contributed by atoms with Crippen molar-refractivity contribution in [3.8, 4) is 0 Å². The molecule has 0 bridgehead atoms. The van der Waals surface area contributed by atoms with Crippen LogP contribution in [0.1, 0.15) is 30.1 Å². The van der Waals surface area contributed by atoms with Gasteiger partial charge in [-0.15, -0.1) is 0 Å². The summed E-state index contributed by atoms with van der Waals surface area (Å²) in [5.74, 6) is -0.211. The number of aliphatic hydroxyl groups excluding tert-OH is 1. The van der Waals surface area contributed by atoms with Gasteiger partial charge in [-0.25, -0.2) is 0 Å². The van der Waals surface area contributed by atoms with Gasteiger partial charge in [0.2, 0.25) is 0 Å². The SMILES string of the molecule is CCCCN(CCO)C(=O)c1ccc([N+](=O)[O-])cc1. The summed E-state index contributed by atoms with van der Waals surface area (Å²) in [7, 11) is 0. The van der Waals surface area contributed by atoms with Crippen LogP contribution in [0, 0.1) is 10.1 Å². The lowest BCUT2D eigenvalue weighted by Crippen LogP contribution is -2.34. The topological polar surface area (TPSA) is 83.7 Å². The van der Waals surface area contributed by atoms with Crippen LogP contribution in [0.25, 0.3) is 0 Å². The third-order valence-corrected chi connectivity index (χ3v) is 2.76. The van der Waals surface area contributed by atoms with E-state index in [2.05, 4.69) is 0 Å². The predicted molar refractivity (Wildman–Crippen MR) is 71.0 cm³/mol. The molecule has 6 heteroatoms. The Hall–Kier alpha value is -1.95. The zero-order valence-electron chi connectivity index (χ0n) is 10.9. The first kappa shape index (κ1) is 15.1. The molecule has 6 nitrogen and oxygen atoms in total. The van der Waals surface area contributed by atoms with Gasteiger partial charge in [0.1, 0.15) is 0 Å². The molecule has 0 saturated carbocycles. The summed E-state index contributed by atoms with van der Waals surface area (Å²) in [6, 6.07) is 5.50. The van der Waals surface area contributed by atoms with E-state index in [4.69, 9.17) is 5.11 Å². The molecule has 0 saturated heterocycles. The average molecular weight is 266 g/mol. The monoisotopic (exact) mass is 266 g/mol. The fourth-order valence-electron chi connectivity index (χ4n) is 1.69. The molecule has 0 aliphatic heterocycles. The maximum absolute atomic E-state index is 12.2. The minimum Gasteiger partial charge on any atom is -0.395 e. The molecule has 19 heavy (non-hydrogen) atoms. The third-order valence-electron chi connectivity index (χ3n) is 2.76. The number of carbonyl (C=O) groups excluding carboxylic acids is 1. The molecule has 1 amide bonds. The number of unbranched alkanes of at least 4 members (excludes halogenated alkanes) is 1. The highest BCUT2D eigenvalue weighted by atomic mass is 16.6. The van der Waals surface area contributed by atoms with Crippen molar-refractivity contribution in [2.45, 2.75) is 19.8 Å². The number of hydrogen-bond donors (Lipinski definition) is 1. The maximum Gasteiger partial charge on any atom is 0.269 e. The maximum atomic E-state index is 12.2. The van der Waals surface area contributed by atoms with Crippen molar-refractivity contribution in [2.75, 3.05) is 19.7 Å². The molecule has 0 radical (unpaired) electrons. The van der Waals surface area contributed by atoms with Gasteiger partial charge in [0.05, 0.1) is 11.5 Å². The highest BCUT2D eigenvalue weighted by Crippen LogP contribution is 2.13. The van der Waals surface area contributed by atoms with Gasteiger partial charge in [0, 0.05) is 30.8 Å². The molecule has 0 heterocycles. The molecule has 0 fully saturated rings. The van der Waals surface area contributed by atoms with Crippen molar-refractivity contribution in [2.24, 2.45) is 0 Å². The van der Waals surface area contributed by atoms with E-state index in [1.807, 2.05) is 6.92 Å². The van der Waals surface area contributed by atoms with Crippen LogP contribution in [0.15, 0.2) is 24.3 Å². The summed E-state index contributed by atoms with van der Waals surface area (Å²) >= 11 is 0. The van der Waals surface area contributed by atoms with Crippen LogP contribution < -0.4 is 0 Å². The van der Waals surface area contributed by atoms with Crippen LogP contribution in [0.4, 0.5) is 5.69 Å². The van der Waals surface area contributed by atoms with Crippen LogP contribution in [0.5, 0.6) is 0 Å². The van der Waals surface area contributed by atoms with E-state index >= 15 is 0 Å². The normalized spacial score (nSPS) is 10.2. The number of nitro groups is 1. The van der Waals surface area contributed by atoms with Crippen molar-refractivity contribution >= 4 is 11.6 Å². The summed E-state index contributed by atoms with van der Waals surface area (Å²) in [5, 5.41) is 19.5. The van der Waals surface area contributed by atoms with E-state index in [1.54, 1.807) is 4.90 Å². The summed E-state index contributed by atoms with van der Waals surface area (Å²) in [4.78, 5) is 23.8. The Morgan fingerprint density at radius 1 is 1.32 bits per heavy atom. The first-order valence-corrected chi connectivity index (χ1v) is 6.24. The van der Waals surface area contributed by atoms with Crippen LogP contribution in [0.2, 0.25) is 0 Å². The van der Waals surface area contributed by atoms with Gasteiger partial charge in [-0.2, -0.15) is 0 Å². The molecule has 0 unspecified atom stereocenters. The Labute approximate surface area is 111 Å². The van der Waals surface area contributed by atoms with E-state index in [0.29, 0.717) is 12.1 Å².